The smallest absolute Gasteiger partial charge is 0.248 e. The van der Waals surface area contributed by atoms with Crippen LogP contribution in [0.25, 0.3) is 0 Å². The van der Waals surface area contributed by atoms with E-state index in [1.54, 1.807) is 18.2 Å². The first-order chi connectivity index (χ1) is 7.29. The molecule has 0 unspecified atom stereocenters. The lowest BCUT2D eigenvalue weighted by atomic mass is 10.1. The first-order valence-corrected chi connectivity index (χ1v) is 5.23. The van der Waals surface area contributed by atoms with E-state index < -0.39 is 5.91 Å². The average molecular weight is 221 g/mol. The average Bonchev–Trinajstić information content (AvgIpc) is 2.14. The molecule has 0 atom stereocenters. The van der Waals surface area contributed by atoms with Gasteiger partial charge in [0.05, 0.1) is 0 Å². The van der Waals surface area contributed by atoms with Gasteiger partial charge in [0.2, 0.25) is 5.91 Å². The highest BCUT2D eigenvalue weighted by atomic mass is 16.1. The molecular weight excluding hydrogens is 202 g/mol. The first kappa shape index (κ1) is 12.5. The molecule has 1 rings (SSSR count). The topological polar surface area (TPSA) is 81.1 Å². The van der Waals surface area contributed by atoms with Crippen molar-refractivity contribution < 1.29 is 4.79 Å². The number of carbonyl (C=O) groups excluding carboxylic acids is 1. The molecule has 0 bridgehead atoms. The van der Waals surface area contributed by atoms with Crippen molar-refractivity contribution in [3.8, 4) is 0 Å². The lowest BCUT2D eigenvalue weighted by molar-refractivity contribution is 0.1000. The van der Waals surface area contributed by atoms with E-state index >= 15 is 0 Å². The molecule has 0 heterocycles. The molecular formula is C12H19N3O. The van der Waals surface area contributed by atoms with Gasteiger partial charge in [-0.15, -0.1) is 0 Å². The molecule has 0 aliphatic rings. The molecule has 0 aliphatic carbocycles. The quantitative estimate of drug-likeness (QED) is 0.672. The lowest BCUT2D eigenvalue weighted by Crippen LogP contribution is -2.35. The summed E-state index contributed by atoms with van der Waals surface area (Å²) in [4.78, 5) is 11.0. The second-order valence-corrected chi connectivity index (χ2v) is 4.88. The zero-order valence-electron chi connectivity index (χ0n) is 10.0. The van der Waals surface area contributed by atoms with Crippen LogP contribution < -0.4 is 16.8 Å². The van der Waals surface area contributed by atoms with Crippen molar-refractivity contribution in [3.05, 3.63) is 29.3 Å². The zero-order valence-corrected chi connectivity index (χ0v) is 10.0. The van der Waals surface area contributed by atoms with Gasteiger partial charge in [-0.25, -0.2) is 0 Å². The van der Waals surface area contributed by atoms with Crippen LogP contribution in [-0.4, -0.2) is 11.4 Å². The van der Waals surface area contributed by atoms with Gasteiger partial charge in [0.15, 0.2) is 0 Å². The van der Waals surface area contributed by atoms with Gasteiger partial charge < -0.3 is 16.8 Å². The van der Waals surface area contributed by atoms with Crippen molar-refractivity contribution in [2.45, 2.75) is 32.9 Å². The maximum absolute atomic E-state index is 11.0. The van der Waals surface area contributed by atoms with Crippen LogP contribution in [0.3, 0.4) is 0 Å². The molecule has 5 N–H and O–H groups in total. The third-order valence-corrected chi connectivity index (χ3v) is 2.24. The summed E-state index contributed by atoms with van der Waals surface area (Å²) in [5, 5.41) is 3.31. The second kappa shape index (κ2) is 4.53. The van der Waals surface area contributed by atoms with E-state index in [4.69, 9.17) is 11.5 Å². The number of amides is 1. The van der Waals surface area contributed by atoms with E-state index in [-0.39, 0.29) is 5.54 Å². The van der Waals surface area contributed by atoms with Gasteiger partial charge in [-0.2, -0.15) is 0 Å². The van der Waals surface area contributed by atoms with Crippen molar-refractivity contribution in [2.24, 2.45) is 5.73 Å². The number of nitrogens with one attached hydrogen (secondary N) is 1. The predicted molar refractivity (Wildman–Crippen MR) is 66.0 cm³/mol. The fourth-order valence-corrected chi connectivity index (χ4v) is 1.27. The first-order valence-electron chi connectivity index (χ1n) is 5.23. The molecule has 0 saturated carbocycles. The molecule has 16 heavy (non-hydrogen) atoms. The number of hydrogen-bond acceptors (Lipinski definition) is 3. The molecule has 4 nitrogen and oxygen atoms in total. The van der Waals surface area contributed by atoms with Crippen LogP contribution in [0.2, 0.25) is 0 Å². The van der Waals surface area contributed by atoms with Gasteiger partial charge in [0, 0.05) is 23.3 Å². The fourth-order valence-electron chi connectivity index (χ4n) is 1.27. The molecule has 88 valence electrons. The summed E-state index contributed by atoms with van der Waals surface area (Å²) in [6.45, 7) is 6.83. The molecule has 0 fully saturated rings. The normalized spacial score (nSPS) is 11.4. The Balaban J connectivity index is 2.86. The van der Waals surface area contributed by atoms with Gasteiger partial charge in [-0.05, 0) is 44.5 Å². The number of anilines is 1. The zero-order chi connectivity index (χ0) is 12.3. The fraction of sp³-hybridized carbons (Fsp3) is 0.417. The molecule has 0 aliphatic heterocycles. The van der Waals surface area contributed by atoms with Crippen LogP contribution in [0.5, 0.6) is 0 Å². The Kier molecular flexibility index (Phi) is 3.55. The standard InChI is InChI=1S/C12H19N3O/c1-12(2,3)15-7-9-6-8(11(14)16)4-5-10(9)13/h4-6,15H,7,13H2,1-3H3,(H2,14,16). The van der Waals surface area contributed by atoms with E-state index in [9.17, 15) is 4.79 Å². The third-order valence-electron chi connectivity index (χ3n) is 2.24. The Morgan fingerprint density at radius 2 is 2.00 bits per heavy atom. The number of nitrogens with two attached hydrogens (primary N) is 2. The van der Waals surface area contributed by atoms with Crippen molar-refractivity contribution >= 4 is 11.6 Å². The highest BCUT2D eigenvalue weighted by Gasteiger charge is 2.11. The minimum absolute atomic E-state index is 0.00910. The van der Waals surface area contributed by atoms with Crippen LogP contribution >= 0.6 is 0 Å². The molecule has 1 aromatic rings. The highest BCUT2D eigenvalue weighted by molar-refractivity contribution is 5.93. The number of primary amides is 1. The summed E-state index contributed by atoms with van der Waals surface area (Å²) in [5.41, 5.74) is 13.1. The van der Waals surface area contributed by atoms with Crippen LogP contribution in [0.1, 0.15) is 36.7 Å². The minimum atomic E-state index is -0.433. The maximum atomic E-state index is 11.0. The molecule has 1 aromatic carbocycles. The summed E-state index contributed by atoms with van der Waals surface area (Å²) >= 11 is 0. The molecule has 0 aromatic heterocycles. The number of benzene rings is 1. The van der Waals surface area contributed by atoms with Crippen LogP contribution in [0.4, 0.5) is 5.69 Å². The van der Waals surface area contributed by atoms with Gasteiger partial charge in [0.1, 0.15) is 0 Å². The van der Waals surface area contributed by atoms with E-state index in [1.807, 2.05) is 0 Å². The second-order valence-electron chi connectivity index (χ2n) is 4.88. The van der Waals surface area contributed by atoms with E-state index in [0.717, 1.165) is 5.56 Å². The van der Waals surface area contributed by atoms with E-state index in [1.165, 1.54) is 0 Å². The van der Waals surface area contributed by atoms with Gasteiger partial charge in [-0.3, -0.25) is 4.79 Å². The van der Waals surface area contributed by atoms with Crippen molar-refractivity contribution in [3.63, 3.8) is 0 Å². The Labute approximate surface area is 96.0 Å². The van der Waals surface area contributed by atoms with Gasteiger partial charge in [-0.1, -0.05) is 0 Å². The Hall–Kier alpha value is -1.55. The van der Waals surface area contributed by atoms with Crippen molar-refractivity contribution in [2.75, 3.05) is 5.73 Å². The summed E-state index contributed by atoms with van der Waals surface area (Å²) < 4.78 is 0. The number of nitrogen functional groups attached to an aromatic ring is 1. The number of rotatable bonds is 3. The lowest BCUT2D eigenvalue weighted by Gasteiger charge is -2.21. The van der Waals surface area contributed by atoms with Crippen molar-refractivity contribution in [1.29, 1.82) is 0 Å². The molecule has 4 heteroatoms. The largest absolute Gasteiger partial charge is 0.398 e. The van der Waals surface area contributed by atoms with Gasteiger partial charge in [0.25, 0.3) is 0 Å². The van der Waals surface area contributed by atoms with Gasteiger partial charge >= 0.3 is 0 Å². The van der Waals surface area contributed by atoms with Crippen molar-refractivity contribution in [1.82, 2.24) is 5.32 Å². The van der Waals surface area contributed by atoms with Crippen LogP contribution in [-0.2, 0) is 6.54 Å². The SMILES string of the molecule is CC(C)(C)NCc1cc(C(N)=O)ccc1N. The number of carbonyl (C=O) groups is 1. The van der Waals surface area contributed by atoms with E-state index in [2.05, 4.69) is 26.1 Å². The monoisotopic (exact) mass is 221 g/mol. The summed E-state index contributed by atoms with van der Waals surface area (Å²) in [6.07, 6.45) is 0. The van der Waals surface area contributed by atoms with E-state index in [0.29, 0.717) is 17.8 Å². The Bertz CT molecular complexity index is 394. The van der Waals surface area contributed by atoms with Crippen LogP contribution in [0, 0.1) is 0 Å². The third kappa shape index (κ3) is 3.55. The summed E-state index contributed by atoms with van der Waals surface area (Å²) in [7, 11) is 0. The number of hydrogen-bond donors (Lipinski definition) is 3. The molecule has 0 spiro atoms. The summed E-state index contributed by atoms with van der Waals surface area (Å²) in [6, 6.07) is 5.08. The minimum Gasteiger partial charge on any atom is -0.398 e. The maximum Gasteiger partial charge on any atom is 0.248 e. The van der Waals surface area contributed by atoms with Crippen LogP contribution in [0.15, 0.2) is 18.2 Å². The molecule has 1 amide bonds. The predicted octanol–water partition coefficient (Wildman–Crippen LogP) is 1.26. The Morgan fingerprint density at radius 3 is 2.50 bits per heavy atom. The molecule has 0 saturated heterocycles. The Morgan fingerprint density at radius 1 is 1.38 bits per heavy atom. The highest BCUT2D eigenvalue weighted by Crippen LogP contribution is 2.15. The molecule has 0 radical (unpaired) electrons. The summed E-state index contributed by atoms with van der Waals surface area (Å²) in [5.74, 6) is -0.433.